The minimum atomic E-state index is -0.286. The average molecular weight is 326 g/mol. The number of carbonyl (C=O) groups excluding carboxylic acids is 1. The molecule has 0 saturated carbocycles. The summed E-state index contributed by atoms with van der Waals surface area (Å²) in [4.78, 5) is 11.1. The van der Waals surface area contributed by atoms with Gasteiger partial charge in [0.25, 0.3) is 0 Å². The third-order valence-corrected chi connectivity index (χ3v) is 3.88. The zero-order chi connectivity index (χ0) is 15.2. The first-order valence-electron chi connectivity index (χ1n) is 6.46. The highest BCUT2D eigenvalue weighted by atomic mass is 35.5. The van der Waals surface area contributed by atoms with Gasteiger partial charge in [0.15, 0.2) is 0 Å². The van der Waals surface area contributed by atoms with E-state index in [1.807, 2.05) is 19.1 Å². The van der Waals surface area contributed by atoms with E-state index in [0.29, 0.717) is 18.2 Å². The molecule has 21 heavy (non-hydrogen) atoms. The number of aryl methyl sites for hydroxylation is 2. The van der Waals surface area contributed by atoms with Crippen LogP contribution in [0, 0.1) is 13.8 Å². The molecule has 0 aliphatic heterocycles. The summed E-state index contributed by atoms with van der Waals surface area (Å²) in [5, 5.41) is 11.7. The van der Waals surface area contributed by atoms with Crippen molar-refractivity contribution < 1.29 is 9.53 Å². The number of nitrogens with zero attached hydrogens (tertiary/aromatic N) is 2. The van der Waals surface area contributed by atoms with E-state index >= 15 is 0 Å². The van der Waals surface area contributed by atoms with Crippen molar-refractivity contribution in [3.05, 3.63) is 34.3 Å². The highest BCUT2D eigenvalue weighted by Crippen LogP contribution is 2.20. The van der Waals surface area contributed by atoms with E-state index in [-0.39, 0.29) is 11.8 Å². The molecule has 1 amide bonds. The Labute approximate surface area is 132 Å². The molecule has 2 aromatic rings. The third kappa shape index (κ3) is 4.68. The van der Waals surface area contributed by atoms with Crippen molar-refractivity contribution in [3.63, 3.8) is 0 Å². The number of carbonyl (C=O) groups is 1. The maximum absolute atomic E-state index is 11.1. The molecule has 1 heterocycles. The quantitative estimate of drug-likeness (QED) is 0.829. The fourth-order valence-corrected chi connectivity index (χ4v) is 2.57. The normalized spacial score (nSPS) is 10.4. The second kappa shape index (κ2) is 7.38. The van der Waals surface area contributed by atoms with Crippen molar-refractivity contribution in [2.75, 3.05) is 17.8 Å². The third-order valence-electron chi connectivity index (χ3n) is 2.74. The monoisotopic (exact) mass is 325 g/mol. The summed E-state index contributed by atoms with van der Waals surface area (Å²) in [6, 6.07) is 6.07. The van der Waals surface area contributed by atoms with Crippen LogP contribution in [0.25, 0.3) is 0 Å². The van der Waals surface area contributed by atoms with Gasteiger partial charge in [0.2, 0.25) is 11.0 Å². The molecule has 1 N–H and O–H groups in total. The molecule has 0 aliphatic carbocycles. The molecule has 1 aromatic heterocycles. The lowest BCUT2D eigenvalue weighted by Crippen LogP contribution is -2.12. The Balaban J connectivity index is 1.84. The Bertz CT molecular complexity index is 630. The summed E-state index contributed by atoms with van der Waals surface area (Å²) in [6.07, 6.45) is 0.641. The topological polar surface area (TPSA) is 64.1 Å². The molecule has 0 radical (unpaired) electrons. The Morgan fingerprint density at radius 2 is 2.19 bits per heavy atom. The highest BCUT2D eigenvalue weighted by Gasteiger charge is 2.07. The summed E-state index contributed by atoms with van der Waals surface area (Å²) in [7, 11) is 0. The van der Waals surface area contributed by atoms with Crippen molar-refractivity contribution in [2.45, 2.75) is 20.3 Å². The molecule has 7 heteroatoms. The number of hydrogen-bond acceptors (Lipinski definition) is 5. The summed E-state index contributed by atoms with van der Waals surface area (Å²) in [5.41, 5.74) is 2.32. The van der Waals surface area contributed by atoms with Gasteiger partial charge in [-0.15, -0.1) is 21.8 Å². The molecule has 0 spiro atoms. The van der Waals surface area contributed by atoms with Gasteiger partial charge >= 0.3 is 0 Å². The van der Waals surface area contributed by atoms with E-state index in [1.54, 1.807) is 0 Å². The van der Waals surface area contributed by atoms with Crippen LogP contribution in [-0.2, 0) is 11.2 Å². The molecular formula is C14H16ClN3O2S. The number of nitrogens with one attached hydrogen (secondary N) is 1. The molecule has 112 valence electrons. The first-order chi connectivity index (χ1) is 10.1. The van der Waals surface area contributed by atoms with Gasteiger partial charge in [-0.05, 0) is 25.5 Å². The predicted octanol–water partition coefficient (Wildman–Crippen LogP) is 2.95. The van der Waals surface area contributed by atoms with Gasteiger partial charge < -0.3 is 4.74 Å². The summed E-state index contributed by atoms with van der Waals surface area (Å²) in [5.74, 6) is 0.497. The predicted molar refractivity (Wildman–Crippen MR) is 84.4 cm³/mol. The van der Waals surface area contributed by atoms with Gasteiger partial charge in [-0.2, -0.15) is 0 Å². The van der Waals surface area contributed by atoms with Gasteiger partial charge in [0.05, 0.1) is 6.61 Å². The number of amides is 1. The highest BCUT2D eigenvalue weighted by molar-refractivity contribution is 7.15. The molecule has 0 fully saturated rings. The molecule has 0 bridgehead atoms. The maximum Gasteiger partial charge on any atom is 0.241 e. The van der Waals surface area contributed by atoms with Gasteiger partial charge in [0.1, 0.15) is 16.6 Å². The number of aromatic nitrogens is 2. The molecule has 5 nitrogen and oxygen atoms in total. The van der Waals surface area contributed by atoms with Crippen LogP contribution in [-0.4, -0.2) is 28.6 Å². The van der Waals surface area contributed by atoms with Crippen LogP contribution in [0.4, 0.5) is 5.13 Å². The zero-order valence-electron chi connectivity index (χ0n) is 11.9. The molecule has 0 aliphatic rings. The van der Waals surface area contributed by atoms with Crippen LogP contribution in [0.3, 0.4) is 0 Å². The summed E-state index contributed by atoms with van der Waals surface area (Å²) >= 11 is 6.74. The Hall–Kier alpha value is -1.66. The van der Waals surface area contributed by atoms with Crippen LogP contribution in [0.15, 0.2) is 18.2 Å². The van der Waals surface area contributed by atoms with E-state index in [9.17, 15) is 4.79 Å². The average Bonchev–Trinajstić information content (AvgIpc) is 2.88. The van der Waals surface area contributed by atoms with Crippen LogP contribution in [0.5, 0.6) is 5.75 Å². The number of ether oxygens (including phenoxy) is 1. The van der Waals surface area contributed by atoms with E-state index in [1.165, 1.54) is 16.9 Å². The number of benzene rings is 1. The number of alkyl halides is 1. The van der Waals surface area contributed by atoms with Crippen molar-refractivity contribution in [1.82, 2.24) is 10.2 Å². The van der Waals surface area contributed by atoms with Crippen molar-refractivity contribution >= 4 is 34.0 Å². The maximum atomic E-state index is 11.1. The minimum absolute atomic E-state index is 0.0925. The standard InChI is InChI=1S/C14H16ClN3O2S/c1-9-3-4-11(10(2)7-9)20-6-5-13-17-18-14(21-13)16-12(19)8-15/h3-4,7H,5-6,8H2,1-2H3,(H,16,18,19). The van der Waals surface area contributed by atoms with Crippen LogP contribution in [0.1, 0.15) is 16.1 Å². The van der Waals surface area contributed by atoms with Crippen LogP contribution < -0.4 is 10.1 Å². The van der Waals surface area contributed by atoms with E-state index in [0.717, 1.165) is 16.3 Å². The lowest BCUT2D eigenvalue weighted by Gasteiger charge is -2.08. The minimum Gasteiger partial charge on any atom is -0.493 e. The van der Waals surface area contributed by atoms with Crippen molar-refractivity contribution in [1.29, 1.82) is 0 Å². The second-order valence-electron chi connectivity index (χ2n) is 4.55. The number of anilines is 1. The van der Waals surface area contributed by atoms with E-state index in [2.05, 4.69) is 28.5 Å². The van der Waals surface area contributed by atoms with E-state index in [4.69, 9.17) is 16.3 Å². The lowest BCUT2D eigenvalue weighted by atomic mass is 10.1. The molecule has 0 atom stereocenters. The Morgan fingerprint density at radius 1 is 1.38 bits per heavy atom. The van der Waals surface area contributed by atoms with E-state index < -0.39 is 0 Å². The van der Waals surface area contributed by atoms with Crippen LogP contribution in [0.2, 0.25) is 0 Å². The fraction of sp³-hybridized carbons (Fsp3) is 0.357. The van der Waals surface area contributed by atoms with Crippen molar-refractivity contribution in [3.8, 4) is 5.75 Å². The summed E-state index contributed by atoms with van der Waals surface area (Å²) in [6.45, 7) is 4.59. The Kier molecular flexibility index (Phi) is 5.52. The SMILES string of the molecule is Cc1ccc(OCCc2nnc(NC(=O)CCl)s2)c(C)c1. The smallest absolute Gasteiger partial charge is 0.241 e. The summed E-state index contributed by atoms with van der Waals surface area (Å²) < 4.78 is 5.74. The fourth-order valence-electron chi connectivity index (χ4n) is 1.77. The molecule has 2 rings (SSSR count). The molecule has 0 unspecified atom stereocenters. The molecular weight excluding hydrogens is 310 g/mol. The van der Waals surface area contributed by atoms with Gasteiger partial charge in [-0.3, -0.25) is 10.1 Å². The lowest BCUT2D eigenvalue weighted by molar-refractivity contribution is -0.113. The van der Waals surface area contributed by atoms with Gasteiger partial charge in [0, 0.05) is 6.42 Å². The molecule has 0 saturated heterocycles. The number of halogens is 1. The van der Waals surface area contributed by atoms with Gasteiger partial charge in [-0.25, -0.2) is 0 Å². The van der Waals surface area contributed by atoms with Crippen LogP contribution >= 0.6 is 22.9 Å². The molecule has 1 aromatic carbocycles. The second-order valence-corrected chi connectivity index (χ2v) is 5.88. The number of hydrogen-bond donors (Lipinski definition) is 1. The zero-order valence-corrected chi connectivity index (χ0v) is 13.4. The largest absolute Gasteiger partial charge is 0.493 e. The first-order valence-corrected chi connectivity index (χ1v) is 7.82. The number of rotatable bonds is 6. The van der Waals surface area contributed by atoms with Crippen molar-refractivity contribution in [2.24, 2.45) is 0 Å². The Morgan fingerprint density at radius 3 is 2.90 bits per heavy atom. The first kappa shape index (κ1) is 15.7. The van der Waals surface area contributed by atoms with Gasteiger partial charge in [-0.1, -0.05) is 29.0 Å².